The van der Waals surface area contributed by atoms with Gasteiger partial charge >= 0.3 is 5.97 Å². The van der Waals surface area contributed by atoms with Crippen molar-refractivity contribution in [1.29, 1.82) is 0 Å². The van der Waals surface area contributed by atoms with Gasteiger partial charge in [0.1, 0.15) is 11.4 Å². The lowest BCUT2D eigenvalue weighted by Crippen LogP contribution is -2.35. The molecule has 3 rings (SSSR count). The van der Waals surface area contributed by atoms with Crippen LogP contribution in [0.1, 0.15) is 24.3 Å². The van der Waals surface area contributed by atoms with Crippen LogP contribution in [0.3, 0.4) is 0 Å². The summed E-state index contributed by atoms with van der Waals surface area (Å²) in [6.45, 7) is 3.96. The Bertz CT molecular complexity index is 659. The Kier molecular flexibility index (Phi) is 3.12. The number of carboxylic acid groups (broad SMARTS) is 1. The lowest BCUT2D eigenvalue weighted by molar-refractivity contribution is -0.135. The SMILES string of the molecule is C=C1C(c2ccc(F)cc2)C(=O)C(C(=O)O)=CN1C1CC1. The van der Waals surface area contributed by atoms with Crippen molar-refractivity contribution < 1.29 is 19.1 Å². The zero-order valence-electron chi connectivity index (χ0n) is 11.3. The smallest absolute Gasteiger partial charge is 0.340 e. The standard InChI is InChI=1S/C16H14FNO3/c1-9-14(10-2-4-11(17)5-3-10)15(19)13(16(20)21)8-18(9)12-6-7-12/h2-5,8,12,14H,1,6-7H2,(H,20,21). The number of halogens is 1. The highest BCUT2D eigenvalue weighted by Crippen LogP contribution is 2.40. The number of allylic oxidation sites excluding steroid dienone is 1. The highest BCUT2D eigenvalue weighted by Gasteiger charge is 2.41. The normalized spacial score (nSPS) is 22.2. The van der Waals surface area contributed by atoms with Crippen LogP contribution in [0.2, 0.25) is 0 Å². The third-order valence-electron chi connectivity index (χ3n) is 3.83. The number of carboxylic acids is 1. The molecule has 0 spiro atoms. The van der Waals surface area contributed by atoms with Crippen molar-refractivity contribution in [3.63, 3.8) is 0 Å². The lowest BCUT2D eigenvalue weighted by atomic mass is 9.85. The van der Waals surface area contributed by atoms with E-state index in [1.165, 1.54) is 30.5 Å². The van der Waals surface area contributed by atoms with Gasteiger partial charge in [0, 0.05) is 17.9 Å². The number of hydrogen-bond donors (Lipinski definition) is 1. The summed E-state index contributed by atoms with van der Waals surface area (Å²) in [6.07, 6.45) is 3.28. The lowest BCUT2D eigenvalue weighted by Gasteiger charge is -2.33. The van der Waals surface area contributed by atoms with Crippen LogP contribution in [0, 0.1) is 5.82 Å². The molecule has 0 bridgehead atoms. The first kappa shape index (κ1) is 13.5. The molecule has 1 aromatic carbocycles. The third kappa shape index (κ3) is 2.35. The minimum atomic E-state index is -1.25. The molecule has 0 saturated heterocycles. The van der Waals surface area contributed by atoms with Crippen LogP contribution in [-0.2, 0) is 9.59 Å². The van der Waals surface area contributed by atoms with Gasteiger partial charge in [-0.15, -0.1) is 0 Å². The monoisotopic (exact) mass is 287 g/mol. The first-order valence-corrected chi connectivity index (χ1v) is 6.71. The summed E-state index contributed by atoms with van der Waals surface area (Å²) >= 11 is 0. The van der Waals surface area contributed by atoms with E-state index in [-0.39, 0.29) is 11.6 Å². The summed E-state index contributed by atoms with van der Waals surface area (Å²) in [7, 11) is 0. The van der Waals surface area contributed by atoms with Gasteiger partial charge in [-0.1, -0.05) is 18.7 Å². The molecule has 1 aromatic rings. The van der Waals surface area contributed by atoms with Gasteiger partial charge in [0.05, 0.1) is 5.92 Å². The first-order valence-electron chi connectivity index (χ1n) is 6.71. The molecule has 1 heterocycles. The molecule has 1 fully saturated rings. The highest BCUT2D eigenvalue weighted by atomic mass is 19.1. The van der Waals surface area contributed by atoms with Gasteiger partial charge in [-0.05, 0) is 30.5 Å². The molecule has 1 aliphatic heterocycles. The number of Topliss-reactive ketones (excluding diaryl/α,β-unsaturated/α-hetero) is 1. The van der Waals surface area contributed by atoms with Crippen LogP contribution in [-0.4, -0.2) is 27.8 Å². The van der Waals surface area contributed by atoms with Crippen LogP contribution in [0.25, 0.3) is 0 Å². The van der Waals surface area contributed by atoms with E-state index in [0.29, 0.717) is 11.3 Å². The van der Waals surface area contributed by atoms with Crippen LogP contribution in [0.4, 0.5) is 4.39 Å². The van der Waals surface area contributed by atoms with E-state index in [1.807, 2.05) is 0 Å². The van der Waals surface area contributed by atoms with Gasteiger partial charge in [-0.25, -0.2) is 9.18 Å². The summed E-state index contributed by atoms with van der Waals surface area (Å²) in [5.74, 6) is -2.91. The minimum Gasteiger partial charge on any atom is -0.478 e. The molecule has 108 valence electrons. The first-order chi connectivity index (χ1) is 9.99. The Morgan fingerprint density at radius 3 is 2.43 bits per heavy atom. The van der Waals surface area contributed by atoms with E-state index < -0.39 is 23.5 Å². The van der Waals surface area contributed by atoms with Crippen molar-refractivity contribution in [3.8, 4) is 0 Å². The molecule has 21 heavy (non-hydrogen) atoms. The maximum atomic E-state index is 13.0. The molecular formula is C16H14FNO3. The fraction of sp³-hybridized carbons (Fsp3) is 0.250. The number of ketones is 1. The number of aliphatic carboxylic acids is 1. The van der Waals surface area contributed by atoms with Crippen molar-refractivity contribution >= 4 is 11.8 Å². The van der Waals surface area contributed by atoms with Gasteiger partial charge in [0.25, 0.3) is 0 Å². The molecule has 0 amide bonds. The van der Waals surface area contributed by atoms with Gasteiger partial charge < -0.3 is 10.0 Å². The average molecular weight is 287 g/mol. The van der Waals surface area contributed by atoms with Gasteiger partial charge in [0.2, 0.25) is 0 Å². The molecule has 1 atom stereocenters. The minimum absolute atomic E-state index is 0.211. The van der Waals surface area contributed by atoms with E-state index in [4.69, 9.17) is 0 Å². The fourth-order valence-electron chi connectivity index (χ4n) is 2.59. The van der Waals surface area contributed by atoms with Gasteiger partial charge in [-0.2, -0.15) is 0 Å². The molecule has 1 saturated carbocycles. The Balaban J connectivity index is 2.04. The Hall–Kier alpha value is -2.43. The number of benzene rings is 1. The Labute approximate surface area is 121 Å². The molecule has 2 aliphatic rings. The fourth-order valence-corrected chi connectivity index (χ4v) is 2.59. The number of carbonyl (C=O) groups excluding carboxylic acids is 1. The molecular weight excluding hydrogens is 273 g/mol. The summed E-state index contributed by atoms with van der Waals surface area (Å²) in [5, 5.41) is 9.22. The maximum Gasteiger partial charge on any atom is 0.340 e. The second-order valence-electron chi connectivity index (χ2n) is 5.33. The maximum absolute atomic E-state index is 13.0. The third-order valence-corrected chi connectivity index (χ3v) is 3.83. The van der Waals surface area contributed by atoms with Crippen molar-refractivity contribution in [2.45, 2.75) is 24.8 Å². The topological polar surface area (TPSA) is 57.6 Å². The number of carbonyl (C=O) groups is 2. The molecule has 4 nitrogen and oxygen atoms in total. The molecule has 0 radical (unpaired) electrons. The number of hydrogen-bond acceptors (Lipinski definition) is 3. The van der Waals surface area contributed by atoms with Crippen LogP contribution in [0.5, 0.6) is 0 Å². The number of rotatable bonds is 3. The number of nitrogens with zero attached hydrogens (tertiary/aromatic N) is 1. The molecule has 0 aromatic heterocycles. The van der Waals surface area contributed by atoms with Crippen molar-refractivity contribution in [2.75, 3.05) is 0 Å². The average Bonchev–Trinajstić information content (AvgIpc) is 3.25. The van der Waals surface area contributed by atoms with Crippen LogP contribution < -0.4 is 0 Å². The van der Waals surface area contributed by atoms with Crippen molar-refractivity contribution in [1.82, 2.24) is 4.90 Å². The van der Waals surface area contributed by atoms with Crippen molar-refractivity contribution in [3.05, 3.63) is 59.7 Å². The van der Waals surface area contributed by atoms with E-state index in [1.54, 1.807) is 4.90 Å². The molecule has 1 unspecified atom stereocenters. The van der Waals surface area contributed by atoms with Crippen molar-refractivity contribution in [2.24, 2.45) is 0 Å². The highest BCUT2D eigenvalue weighted by molar-refractivity contribution is 6.20. The summed E-state index contributed by atoms with van der Waals surface area (Å²) in [5.41, 5.74) is 0.867. The zero-order valence-corrected chi connectivity index (χ0v) is 11.3. The largest absolute Gasteiger partial charge is 0.478 e. The Morgan fingerprint density at radius 1 is 1.29 bits per heavy atom. The second-order valence-corrected chi connectivity index (χ2v) is 5.33. The quantitative estimate of drug-likeness (QED) is 0.868. The van der Waals surface area contributed by atoms with Crippen LogP contribution >= 0.6 is 0 Å². The van der Waals surface area contributed by atoms with E-state index in [9.17, 15) is 19.1 Å². The van der Waals surface area contributed by atoms with E-state index in [0.717, 1.165) is 12.8 Å². The summed E-state index contributed by atoms with van der Waals surface area (Å²) in [6, 6.07) is 5.73. The zero-order chi connectivity index (χ0) is 15.1. The van der Waals surface area contributed by atoms with E-state index >= 15 is 0 Å². The summed E-state index contributed by atoms with van der Waals surface area (Å²) in [4.78, 5) is 25.5. The molecule has 1 N–H and O–H groups in total. The van der Waals surface area contributed by atoms with Crippen LogP contribution in [0.15, 0.2) is 48.3 Å². The summed E-state index contributed by atoms with van der Waals surface area (Å²) < 4.78 is 13.0. The Morgan fingerprint density at radius 2 is 1.90 bits per heavy atom. The molecule has 5 heteroatoms. The van der Waals surface area contributed by atoms with Gasteiger partial charge in [-0.3, -0.25) is 4.79 Å². The van der Waals surface area contributed by atoms with E-state index in [2.05, 4.69) is 6.58 Å². The van der Waals surface area contributed by atoms with Gasteiger partial charge in [0.15, 0.2) is 5.78 Å². The predicted molar refractivity (Wildman–Crippen MR) is 73.9 cm³/mol. The predicted octanol–water partition coefficient (Wildman–Crippen LogP) is 2.44. The second kappa shape index (κ2) is 4.84. The molecule has 1 aliphatic carbocycles.